The summed E-state index contributed by atoms with van der Waals surface area (Å²) in [5.41, 5.74) is -3.23. The second-order valence-electron chi connectivity index (χ2n) is 13.0. The number of hydrogen-bond acceptors (Lipinski definition) is 6. The lowest BCUT2D eigenvalue weighted by atomic mass is 9.48. The first kappa shape index (κ1) is 25.5. The van der Waals surface area contributed by atoms with Crippen LogP contribution in [0.25, 0.3) is 0 Å². The van der Waals surface area contributed by atoms with Crippen molar-refractivity contribution in [2.75, 3.05) is 19.8 Å². The molecular weight excluding hydrogens is 436 g/mol. The van der Waals surface area contributed by atoms with Crippen LogP contribution in [0.2, 0.25) is 0 Å². The normalized spacial score (nSPS) is 35.2. The maximum Gasteiger partial charge on any atom is 0.312 e. The van der Waals surface area contributed by atoms with E-state index in [1.807, 2.05) is 27.7 Å². The van der Waals surface area contributed by atoms with E-state index in [4.69, 9.17) is 14.2 Å². The van der Waals surface area contributed by atoms with Crippen LogP contribution in [0.15, 0.2) is 0 Å². The SMILES string of the molecule is CCC1(COC(=O)C(C)(CC)CC(C)(C)C(=O)OC23CC4CC(C2)CC(C(=O)O)(C4)C3)COC1. The Bertz CT molecular complexity index is 822. The molecular formula is C27H42O7. The van der Waals surface area contributed by atoms with E-state index in [1.54, 1.807) is 0 Å². The summed E-state index contributed by atoms with van der Waals surface area (Å²) in [6, 6.07) is 0. The number of aliphatic carboxylic acids is 1. The van der Waals surface area contributed by atoms with Crippen molar-refractivity contribution in [1.82, 2.24) is 0 Å². The molecule has 1 saturated heterocycles. The first-order valence-electron chi connectivity index (χ1n) is 13.0. The molecule has 4 saturated carbocycles. The van der Waals surface area contributed by atoms with E-state index < -0.39 is 27.8 Å². The molecule has 34 heavy (non-hydrogen) atoms. The van der Waals surface area contributed by atoms with Gasteiger partial charge < -0.3 is 19.3 Å². The number of hydrogen-bond donors (Lipinski definition) is 1. The zero-order chi connectivity index (χ0) is 25.0. The number of ether oxygens (including phenoxy) is 3. The van der Waals surface area contributed by atoms with Gasteiger partial charge >= 0.3 is 17.9 Å². The van der Waals surface area contributed by atoms with Crippen molar-refractivity contribution in [2.45, 2.75) is 98.0 Å². The molecule has 1 aliphatic heterocycles. The monoisotopic (exact) mass is 478 g/mol. The van der Waals surface area contributed by atoms with Gasteiger partial charge in [0.05, 0.1) is 34.9 Å². The summed E-state index contributed by atoms with van der Waals surface area (Å²) in [5.74, 6) is -0.740. The number of carboxylic acid groups (broad SMARTS) is 1. The van der Waals surface area contributed by atoms with Gasteiger partial charge in [-0.3, -0.25) is 14.4 Å². The van der Waals surface area contributed by atoms with Crippen molar-refractivity contribution in [2.24, 2.45) is 33.5 Å². The van der Waals surface area contributed by atoms with E-state index in [9.17, 15) is 19.5 Å². The Morgan fingerprint density at radius 3 is 2.09 bits per heavy atom. The zero-order valence-electron chi connectivity index (χ0n) is 21.5. The molecule has 0 spiro atoms. The Kier molecular flexibility index (Phi) is 6.36. The molecule has 3 unspecified atom stereocenters. The molecule has 7 heteroatoms. The van der Waals surface area contributed by atoms with Gasteiger partial charge in [0.2, 0.25) is 0 Å². The molecule has 7 nitrogen and oxygen atoms in total. The zero-order valence-corrected chi connectivity index (χ0v) is 21.5. The van der Waals surface area contributed by atoms with Crippen LogP contribution in [0, 0.1) is 33.5 Å². The van der Waals surface area contributed by atoms with Gasteiger partial charge in [0.25, 0.3) is 0 Å². The number of carbonyl (C=O) groups excluding carboxylic acids is 2. The van der Waals surface area contributed by atoms with Gasteiger partial charge in [-0.15, -0.1) is 0 Å². The summed E-state index contributed by atoms with van der Waals surface area (Å²) in [4.78, 5) is 38.8. The maximum absolute atomic E-state index is 13.5. The third kappa shape index (κ3) is 4.38. The van der Waals surface area contributed by atoms with Crippen LogP contribution < -0.4 is 0 Å². The Morgan fingerprint density at radius 2 is 1.62 bits per heavy atom. The second kappa shape index (κ2) is 8.49. The molecule has 192 valence electrons. The number of carboxylic acids is 1. The molecule has 1 heterocycles. The van der Waals surface area contributed by atoms with Crippen LogP contribution in [-0.4, -0.2) is 48.4 Å². The summed E-state index contributed by atoms with van der Waals surface area (Å²) >= 11 is 0. The van der Waals surface area contributed by atoms with E-state index in [2.05, 4.69) is 6.92 Å². The van der Waals surface area contributed by atoms with Crippen molar-refractivity contribution in [3.63, 3.8) is 0 Å². The predicted octanol–water partition coefficient (Wildman–Crippen LogP) is 4.76. The van der Waals surface area contributed by atoms with E-state index in [0.29, 0.717) is 63.8 Å². The molecule has 4 aliphatic carbocycles. The highest BCUT2D eigenvalue weighted by Crippen LogP contribution is 2.63. The van der Waals surface area contributed by atoms with Crippen LogP contribution in [0.4, 0.5) is 0 Å². The second-order valence-corrected chi connectivity index (χ2v) is 13.0. The lowest BCUT2D eigenvalue weighted by Crippen LogP contribution is -2.60. The van der Waals surface area contributed by atoms with Crippen molar-refractivity contribution >= 4 is 17.9 Å². The predicted molar refractivity (Wildman–Crippen MR) is 125 cm³/mol. The average molecular weight is 479 g/mol. The van der Waals surface area contributed by atoms with Gasteiger partial charge in [0.15, 0.2) is 0 Å². The average Bonchev–Trinajstić information content (AvgIpc) is 2.71. The summed E-state index contributed by atoms with van der Waals surface area (Å²) in [6.45, 7) is 11.1. The van der Waals surface area contributed by atoms with Crippen LogP contribution in [0.3, 0.4) is 0 Å². The number of rotatable bonds is 10. The lowest BCUT2D eigenvalue weighted by Gasteiger charge is -2.59. The summed E-state index contributed by atoms with van der Waals surface area (Å²) in [6.07, 6.45) is 6.13. The van der Waals surface area contributed by atoms with Gasteiger partial charge in [-0.1, -0.05) is 13.8 Å². The smallest absolute Gasteiger partial charge is 0.312 e. The standard InChI is InChI=1S/C27H42O7/c1-6-24(5,22(31)33-17-25(7-2)15-32-16-25)13-23(3,4)21(30)34-27-11-18-8-19(12-27)10-26(9-18,14-27)20(28)29/h18-19H,6-17H2,1-5H3,(H,28,29). The van der Waals surface area contributed by atoms with E-state index in [1.165, 1.54) is 0 Å². The van der Waals surface area contributed by atoms with Crippen molar-refractivity contribution < 1.29 is 33.7 Å². The molecule has 5 fully saturated rings. The van der Waals surface area contributed by atoms with Crippen LogP contribution in [-0.2, 0) is 28.6 Å². The van der Waals surface area contributed by atoms with Crippen molar-refractivity contribution in [1.29, 1.82) is 0 Å². The molecule has 0 aromatic carbocycles. The topological polar surface area (TPSA) is 99.1 Å². The highest BCUT2D eigenvalue weighted by molar-refractivity contribution is 5.81. The van der Waals surface area contributed by atoms with Crippen LogP contribution in [0.1, 0.15) is 92.4 Å². The first-order valence-corrected chi connectivity index (χ1v) is 13.0. The molecule has 0 radical (unpaired) electrons. The van der Waals surface area contributed by atoms with Crippen LogP contribution in [0.5, 0.6) is 0 Å². The summed E-state index contributed by atoms with van der Waals surface area (Å²) in [7, 11) is 0. The van der Waals surface area contributed by atoms with Gasteiger partial charge in [0.1, 0.15) is 12.2 Å². The highest BCUT2D eigenvalue weighted by Gasteiger charge is 2.63. The van der Waals surface area contributed by atoms with E-state index >= 15 is 0 Å². The summed E-state index contributed by atoms with van der Waals surface area (Å²) in [5, 5.41) is 9.98. The fourth-order valence-corrected chi connectivity index (χ4v) is 7.45. The summed E-state index contributed by atoms with van der Waals surface area (Å²) < 4.78 is 17.3. The minimum atomic E-state index is -0.897. The molecule has 0 aromatic heterocycles. The minimum Gasteiger partial charge on any atom is -0.481 e. The highest BCUT2D eigenvalue weighted by atomic mass is 16.6. The molecule has 3 atom stereocenters. The van der Waals surface area contributed by atoms with Gasteiger partial charge in [0, 0.05) is 6.42 Å². The van der Waals surface area contributed by atoms with Gasteiger partial charge in [-0.05, 0) is 84.0 Å². The van der Waals surface area contributed by atoms with Gasteiger partial charge in [-0.25, -0.2) is 0 Å². The lowest BCUT2D eigenvalue weighted by molar-refractivity contribution is -0.217. The van der Waals surface area contributed by atoms with Crippen molar-refractivity contribution in [3.05, 3.63) is 0 Å². The molecule has 4 bridgehead atoms. The molecule has 0 aromatic rings. The van der Waals surface area contributed by atoms with Crippen LogP contribution >= 0.6 is 0 Å². The quantitative estimate of drug-likeness (QED) is 0.452. The largest absolute Gasteiger partial charge is 0.481 e. The molecule has 5 aliphatic rings. The molecule has 0 amide bonds. The Hall–Kier alpha value is -1.63. The fourth-order valence-electron chi connectivity index (χ4n) is 7.45. The minimum absolute atomic E-state index is 0.0859. The van der Waals surface area contributed by atoms with Gasteiger partial charge in [-0.2, -0.15) is 0 Å². The van der Waals surface area contributed by atoms with E-state index in [0.717, 1.165) is 25.7 Å². The maximum atomic E-state index is 13.5. The van der Waals surface area contributed by atoms with E-state index in [-0.39, 0.29) is 17.4 Å². The third-order valence-electron chi connectivity index (χ3n) is 9.50. The first-order chi connectivity index (χ1) is 15.8. The fraction of sp³-hybridized carbons (Fsp3) is 0.889. The molecule has 5 rings (SSSR count). The Labute approximate surface area is 203 Å². The molecule has 1 N–H and O–H groups in total. The van der Waals surface area contributed by atoms with Crippen molar-refractivity contribution in [3.8, 4) is 0 Å². The Morgan fingerprint density at radius 1 is 1.00 bits per heavy atom. The third-order valence-corrected chi connectivity index (χ3v) is 9.50. The number of carbonyl (C=O) groups is 3. The number of esters is 2. The Balaban J connectivity index is 1.43.